The summed E-state index contributed by atoms with van der Waals surface area (Å²) in [5, 5.41) is 12.0. The number of carbonyl (C=O) groups excluding carboxylic acids is 2. The standard InChI is InChI=1S/C18H18F3N3O3/c19-18(20,21)27-13-5-3-4-12(10-13)24-9-6-14(15(24)25)23-16(26)17(11-22)7-1-2-8-17/h3-5,10,14H,1-2,6-9H2,(H,23,26). The molecule has 1 N–H and O–H groups in total. The van der Waals surface area contributed by atoms with Crippen LogP contribution in [0.3, 0.4) is 0 Å². The Balaban J connectivity index is 1.69. The first-order valence-corrected chi connectivity index (χ1v) is 8.63. The predicted molar refractivity (Wildman–Crippen MR) is 88.5 cm³/mol. The Bertz CT molecular complexity index is 782. The Hall–Kier alpha value is -2.76. The van der Waals surface area contributed by atoms with Crippen LogP contribution in [0.15, 0.2) is 24.3 Å². The fourth-order valence-electron chi connectivity index (χ4n) is 3.58. The number of benzene rings is 1. The Labute approximate surface area is 153 Å². The van der Waals surface area contributed by atoms with Gasteiger partial charge in [0.15, 0.2) is 0 Å². The van der Waals surface area contributed by atoms with Gasteiger partial charge in [-0.3, -0.25) is 9.59 Å². The van der Waals surface area contributed by atoms with Crippen molar-refractivity contribution >= 4 is 17.5 Å². The van der Waals surface area contributed by atoms with Crippen LogP contribution in [-0.2, 0) is 9.59 Å². The number of rotatable bonds is 4. The Kier molecular flexibility index (Phi) is 5.00. The highest BCUT2D eigenvalue weighted by atomic mass is 19.4. The lowest BCUT2D eigenvalue weighted by atomic mass is 9.86. The van der Waals surface area contributed by atoms with Crippen molar-refractivity contribution in [3.8, 4) is 11.8 Å². The van der Waals surface area contributed by atoms with Gasteiger partial charge >= 0.3 is 6.36 Å². The second kappa shape index (κ2) is 7.10. The predicted octanol–water partition coefficient (Wildman–Crippen LogP) is 2.89. The molecular formula is C18H18F3N3O3. The van der Waals surface area contributed by atoms with Crippen molar-refractivity contribution in [3.63, 3.8) is 0 Å². The molecule has 1 aromatic rings. The summed E-state index contributed by atoms with van der Waals surface area (Å²) in [6, 6.07) is 6.42. The molecule has 1 heterocycles. The number of halogens is 3. The summed E-state index contributed by atoms with van der Waals surface area (Å²) >= 11 is 0. The van der Waals surface area contributed by atoms with Gasteiger partial charge in [0.05, 0.1) is 6.07 Å². The largest absolute Gasteiger partial charge is 0.573 e. The molecule has 0 aromatic heterocycles. The van der Waals surface area contributed by atoms with Crippen molar-refractivity contribution < 1.29 is 27.5 Å². The van der Waals surface area contributed by atoms with Gasteiger partial charge in [-0.15, -0.1) is 13.2 Å². The third kappa shape index (κ3) is 3.99. The maximum absolute atomic E-state index is 12.6. The third-order valence-corrected chi connectivity index (χ3v) is 4.98. The summed E-state index contributed by atoms with van der Waals surface area (Å²) in [5.74, 6) is -1.29. The summed E-state index contributed by atoms with van der Waals surface area (Å²) < 4.78 is 41.0. The van der Waals surface area contributed by atoms with Crippen LogP contribution in [0.2, 0.25) is 0 Å². The molecule has 9 heteroatoms. The van der Waals surface area contributed by atoms with Gasteiger partial charge in [-0.05, 0) is 31.4 Å². The van der Waals surface area contributed by atoms with Crippen molar-refractivity contribution in [1.29, 1.82) is 5.26 Å². The zero-order valence-corrected chi connectivity index (χ0v) is 14.4. The summed E-state index contributed by atoms with van der Waals surface area (Å²) in [6.45, 7) is 0.249. The van der Waals surface area contributed by atoms with E-state index in [1.54, 1.807) is 0 Å². The maximum atomic E-state index is 12.6. The number of amides is 2. The molecule has 1 saturated carbocycles. The van der Waals surface area contributed by atoms with Crippen LogP contribution in [0.4, 0.5) is 18.9 Å². The first-order chi connectivity index (χ1) is 12.7. The van der Waals surface area contributed by atoms with E-state index in [0.717, 1.165) is 25.0 Å². The molecule has 3 rings (SSSR count). The molecule has 6 nitrogen and oxygen atoms in total. The quantitative estimate of drug-likeness (QED) is 0.869. The molecular weight excluding hydrogens is 363 g/mol. The average Bonchev–Trinajstić information content (AvgIpc) is 3.22. The zero-order chi connectivity index (χ0) is 19.7. The molecule has 0 spiro atoms. The molecule has 1 unspecified atom stereocenters. The second-order valence-electron chi connectivity index (χ2n) is 6.75. The van der Waals surface area contributed by atoms with E-state index in [9.17, 15) is 28.0 Å². The molecule has 1 aromatic carbocycles. The Morgan fingerprint density at radius 3 is 2.67 bits per heavy atom. The molecule has 0 bridgehead atoms. The zero-order valence-electron chi connectivity index (χ0n) is 14.4. The van der Waals surface area contributed by atoms with Crippen molar-refractivity contribution in [2.24, 2.45) is 5.41 Å². The van der Waals surface area contributed by atoms with E-state index in [4.69, 9.17) is 0 Å². The molecule has 2 amide bonds. The summed E-state index contributed by atoms with van der Waals surface area (Å²) in [7, 11) is 0. The van der Waals surface area contributed by atoms with Crippen LogP contribution >= 0.6 is 0 Å². The van der Waals surface area contributed by atoms with Crippen molar-refractivity contribution in [2.45, 2.75) is 44.5 Å². The number of hydrogen-bond donors (Lipinski definition) is 1. The van der Waals surface area contributed by atoms with Crippen LogP contribution in [0.1, 0.15) is 32.1 Å². The van der Waals surface area contributed by atoms with E-state index in [1.165, 1.54) is 17.0 Å². The van der Waals surface area contributed by atoms with Gasteiger partial charge in [0.2, 0.25) is 11.8 Å². The van der Waals surface area contributed by atoms with Crippen molar-refractivity contribution in [1.82, 2.24) is 5.32 Å². The van der Waals surface area contributed by atoms with Gasteiger partial charge in [0.25, 0.3) is 0 Å². The average molecular weight is 381 g/mol. The molecule has 1 atom stereocenters. The first-order valence-electron chi connectivity index (χ1n) is 8.63. The normalized spacial score (nSPS) is 21.8. The molecule has 27 heavy (non-hydrogen) atoms. The fourth-order valence-corrected chi connectivity index (χ4v) is 3.58. The van der Waals surface area contributed by atoms with Gasteiger partial charge in [0, 0.05) is 18.3 Å². The molecule has 0 radical (unpaired) electrons. The topological polar surface area (TPSA) is 82.4 Å². The molecule has 1 saturated heterocycles. The van der Waals surface area contributed by atoms with E-state index in [1.807, 2.05) is 0 Å². The first kappa shape index (κ1) is 19.0. The van der Waals surface area contributed by atoms with E-state index in [-0.39, 0.29) is 12.2 Å². The number of nitriles is 1. The van der Waals surface area contributed by atoms with Gasteiger partial charge in [-0.2, -0.15) is 5.26 Å². The van der Waals surface area contributed by atoms with Crippen LogP contribution in [-0.4, -0.2) is 30.8 Å². The fraction of sp³-hybridized carbons (Fsp3) is 0.500. The van der Waals surface area contributed by atoms with E-state index >= 15 is 0 Å². The van der Waals surface area contributed by atoms with Crippen LogP contribution in [0, 0.1) is 16.7 Å². The SMILES string of the molecule is N#CC1(C(=O)NC2CCN(c3cccc(OC(F)(F)F)c3)C2=O)CCCC1. The number of alkyl halides is 3. The van der Waals surface area contributed by atoms with E-state index in [2.05, 4.69) is 16.1 Å². The summed E-state index contributed by atoms with van der Waals surface area (Å²) in [6.07, 6.45) is -1.99. The van der Waals surface area contributed by atoms with Crippen LogP contribution in [0.25, 0.3) is 0 Å². The molecule has 1 aliphatic carbocycles. The number of anilines is 1. The highest BCUT2D eigenvalue weighted by Crippen LogP contribution is 2.38. The molecule has 2 aliphatic rings. The Morgan fingerprint density at radius 2 is 2.04 bits per heavy atom. The van der Waals surface area contributed by atoms with E-state index in [0.29, 0.717) is 19.3 Å². The Morgan fingerprint density at radius 1 is 1.33 bits per heavy atom. The monoisotopic (exact) mass is 381 g/mol. The lowest BCUT2D eigenvalue weighted by Crippen LogP contribution is -2.47. The van der Waals surface area contributed by atoms with Gasteiger partial charge in [-0.1, -0.05) is 18.9 Å². The van der Waals surface area contributed by atoms with E-state index < -0.39 is 35.4 Å². The minimum Gasteiger partial charge on any atom is -0.406 e. The number of nitrogens with zero attached hydrogens (tertiary/aromatic N) is 2. The smallest absolute Gasteiger partial charge is 0.406 e. The molecule has 1 aliphatic heterocycles. The molecule has 2 fully saturated rings. The number of hydrogen-bond acceptors (Lipinski definition) is 4. The number of nitrogens with one attached hydrogen (secondary N) is 1. The van der Waals surface area contributed by atoms with Gasteiger partial charge in [-0.25, -0.2) is 0 Å². The van der Waals surface area contributed by atoms with Crippen molar-refractivity contribution in [3.05, 3.63) is 24.3 Å². The lowest BCUT2D eigenvalue weighted by molar-refractivity contribution is -0.274. The molecule has 144 valence electrons. The van der Waals surface area contributed by atoms with Crippen molar-refractivity contribution in [2.75, 3.05) is 11.4 Å². The highest BCUT2D eigenvalue weighted by molar-refractivity contribution is 6.02. The summed E-state index contributed by atoms with van der Waals surface area (Å²) in [5.41, 5.74) is -0.830. The minimum atomic E-state index is -4.82. The minimum absolute atomic E-state index is 0.249. The van der Waals surface area contributed by atoms with Crippen LogP contribution < -0.4 is 15.0 Å². The maximum Gasteiger partial charge on any atom is 0.573 e. The highest BCUT2D eigenvalue weighted by Gasteiger charge is 2.44. The van der Waals surface area contributed by atoms with Crippen LogP contribution in [0.5, 0.6) is 5.75 Å². The second-order valence-corrected chi connectivity index (χ2v) is 6.75. The number of ether oxygens (including phenoxy) is 1. The third-order valence-electron chi connectivity index (χ3n) is 4.98. The summed E-state index contributed by atoms with van der Waals surface area (Å²) in [4.78, 5) is 26.4. The van der Waals surface area contributed by atoms with Gasteiger partial charge < -0.3 is 15.0 Å². The van der Waals surface area contributed by atoms with Gasteiger partial charge in [0.1, 0.15) is 17.2 Å². The lowest BCUT2D eigenvalue weighted by Gasteiger charge is -2.22. The number of carbonyl (C=O) groups is 2.